The fraction of sp³-hybridized carbons (Fsp3) is 0.308. The molecule has 4 rings (SSSR count). The van der Waals surface area contributed by atoms with Crippen molar-refractivity contribution in [1.82, 2.24) is 5.43 Å². The highest BCUT2D eigenvalue weighted by atomic mass is 16.5. The van der Waals surface area contributed by atoms with Crippen molar-refractivity contribution in [3.05, 3.63) is 71.8 Å². The van der Waals surface area contributed by atoms with Crippen molar-refractivity contribution in [3.8, 4) is 11.5 Å². The summed E-state index contributed by atoms with van der Waals surface area (Å²) in [5.41, 5.74) is 4.16. The fourth-order valence-corrected chi connectivity index (χ4v) is 4.05. The molecule has 1 amide bonds. The van der Waals surface area contributed by atoms with Gasteiger partial charge in [-0.2, -0.15) is 5.10 Å². The number of rotatable bonds is 8. The van der Waals surface area contributed by atoms with Crippen molar-refractivity contribution < 1.29 is 19.0 Å². The van der Waals surface area contributed by atoms with Crippen LogP contribution in [0.4, 0.5) is 0 Å². The minimum Gasteiger partial charge on any atom is -0.493 e. The van der Waals surface area contributed by atoms with Crippen molar-refractivity contribution in [2.45, 2.75) is 37.9 Å². The number of methoxy groups -OCH3 is 2. The molecule has 1 atom stereocenters. The number of hydrazone groups is 1. The van der Waals surface area contributed by atoms with Crippen LogP contribution in [0.2, 0.25) is 0 Å². The molecule has 32 heavy (non-hydrogen) atoms. The number of fused-ring (bicyclic) bond motifs is 1. The van der Waals surface area contributed by atoms with E-state index in [4.69, 9.17) is 14.2 Å². The molecule has 0 aliphatic heterocycles. The molecule has 1 saturated carbocycles. The lowest BCUT2D eigenvalue weighted by Crippen LogP contribution is -2.26. The first-order valence-electron chi connectivity index (χ1n) is 10.9. The highest BCUT2D eigenvalue weighted by Gasteiger charge is 2.20. The molecule has 166 valence electrons. The summed E-state index contributed by atoms with van der Waals surface area (Å²) in [5.74, 6) is 1.05. The minimum atomic E-state index is -0.756. The Morgan fingerprint density at radius 1 is 1.00 bits per heavy atom. The van der Waals surface area contributed by atoms with Crippen molar-refractivity contribution in [3.63, 3.8) is 0 Å². The van der Waals surface area contributed by atoms with Crippen molar-refractivity contribution >= 4 is 22.9 Å². The first-order valence-corrected chi connectivity index (χ1v) is 10.9. The third-order valence-corrected chi connectivity index (χ3v) is 5.72. The Kier molecular flexibility index (Phi) is 7.02. The molecule has 6 nitrogen and oxygen atoms in total. The zero-order chi connectivity index (χ0) is 22.3. The number of nitrogens with one attached hydrogen (secondary N) is 1. The Hall–Kier alpha value is -3.38. The molecular weight excluding hydrogens is 404 g/mol. The number of benzene rings is 3. The second-order valence-corrected chi connectivity index (χ2v) is 7.89. The van der Waals surface area contributed by atoms with E-state index >= 15 is 0 Å². The molecule has 1 aliphatic rings. The molecule has 1 N–H and O–H groups in total. The first-order chi connectivity index (χ1) is 15.7. The molecule has 3 aromatic carbocycles. The molecule has 1 fully saturated rings. The monoisotopic (exact) mass is 432 g/mol. The van der Waals surface area contributed by atoms with E-state index in [9.17, 15) is 4.79 Å². The van der Waals surface area contributed by atoms with Crippen LogP contribution in [-0.4, -0.2) is 32.4 Å². The van der Waals surface area contributed by atoms with Crippen molar-refractivity contribution in [1.29, 1.82) is 0 Å². The SMILES string of the molecule is COc1ccc(/C=N/NC(=O)C(OC)c2ccc3ccccc3c2)cc1OC1CCCC1. The summed E-state index contributed by atoms with van der Waals surface area (Å²) in [5, 5.41) is 6.29. The Labute approximate surface area is 188 Å². The molecule has 3 aromatic rings. The lowest BCUT2D eigenvalue weighted by atomic mass is 10.0. The number of carbonyl (C=O) groups excluding carboxylic acids is 1. The Balaban J connectivity index is 1.44. The highest BCUT2D eigenvalue weighted by molar-refractivity contribution is 5.88. The predicted octanol–water partition coefficient (Wildman–Crippen LogP) is 5.01. The average molecular weight is 433 g/mol. The lowest BCUT2D eigenvalue weighted by Gasteiger charge is -2.16. The molecule has 6 heteroatoms. The molecule has 0 saturated heterocycles. The number of amides is 1. The molecule has 0 bridgehead atoms. The smallest absolute Gasteiger partial charge is 0.273 e. The van der Waals surface area contributed by atoms with Crippen LogP contribution in [0.1, 0.15) is 42.9 Å². The van der Waals surface area contributed by atoms with Crippen LogP contribution in [0.3, 0.4) is 0 Å². The van der Waals surface area contributed by atoms with Gasteiger partial charge in [-0.25, -0.2) is 5.43 Å². The fourth-order valence-electron chi connectivity index (χ4n) is 4.05. The third-order valence-electron chi connectivity index (χ3n) is 5.72. The lowest BCUT2D eigenvalue weighted by molar-refractivity contribution is -0.131. The van der Waals surface area contributed by atoms with Crippen molar-refractivity contribution in [2.24, 2.45) is 5.10 Å². The Morgan fingerprint density at radius 3 is 2.53 bits per heavy atom. The maximum Gasteiger partial charge on any atom is 0.273 e. The Morgan fingerprint density at radius 2 is 1.78 bits per heavy atom. The summed E-state index contributed by atoms with van der Waals surface area (Å²) in [4.78, 5) is 12.7. The van der Waals surface area contributed by atoms with E-state index in [0.29, 0.717) is 11.5 Å². The van der Waals surface area contributed by atoms with Crippen LogP contribution < -0.4 is 14.9 Å². The van der Waals surface area contributed by atoms with Gasteiger partial charge in [0.1, 0.15) is 0 Å². The number of carbonyl (C=O) groups is 1. The number of ether oxygens (including phenoxy) is 3. The summed E-state index contributed by atoms with van der Waals surface area (Å²) in [7, 11) is 3.14. The van der Waals surface area contributed by atoms with E-state index in [2.05, 4.69) is 10.5 Å². The minimum absolute atomic E-state index is 0.222. The van der Waals surface area contributed by atoms with E-state index in [1.165, 1.54) is 20.0 Å². The Bertz CT molecular complexity index is 1110. The van der Waals surface area contributed by atoms with Gasteiger partial charge in [0, 0.05) is 7.11 Å². The van der Waals surface area contributed by atoms with E-state index in [1.54, 1.807) is 13.3 Å². The van der Waals surface area contributed by atoms with Gasteiger partial charge in [-0.15, -0.1) is 0 Å². The average Bonchev–Trinajstić information content (AvgIpc) is 3.33. The quantitative estimate of drug-likeness (QED) is 0.401. The van der Waals surface area contributed by atoms with Gasteiger partial charge in [-0.1, -0.05) is 36.4 Å². The van der Waals surface area contributed by atoms with Gasteiger partial charge >= 0.3 is 0 Å². The van der Waals surface area contributed by atoms with Crippen molar-refractivity contribution in [2.75, 3.05) is 14.2 Å². The standard InChI is InChI=1S/C26H28N2O4/c1-30-23-14-11-18(15-24(23)32-22-9-5-6-10-22)17-27-28-26(29)25(31-2)21-13-12-19-7-3-4-8-20(19)16-21/h3-4,7-8,11-17,22,25H,5-6,9-10H2,1-2H3,(H,28,29)/b27-17+. The van der Waals surface area contributed by atoms with Crippen LogP contribution in [-0.2, 0) is 9.53 Å². The van der Waals surface area contributed by atoms with Gasteiger partial charge in [0.15, 0.2) is 17.6 Å². The van der Waals surface area contributed by atoms with Gasteiger partial charge < -0.3 is 14.2 Å². The van der Waals surface area contributed by atoms with Gasteiger partial charge in [-0.05, 0) is 71.8 Å². The van der Waals surface area contributed by atoms with Crippen LogP contribution in [0.25, 0.3) is 10.8 Å². The second-order valence-electron chi connectivity index (χ2n) is 7.89. The van der Waals surface area contributed by atoms with E-state index < -0.39 is 6.10 Å². The van der Waals surface area contributed by atoms with Crippen LogP contribution in [0, 0.1) is 0 Å². The molecule has 0 aromatic heterocycles. The number of nitrogens with zero attached hydrogens (tertiary/aromatic N) is 1. The summed E-state index contributed by atoms with van der Waals surface area (Å²) >= 11 is 0. The first kappa shape index (κ1) is 21.8. The molecule has 1 aliphatic carbocycles. The number of hydrogen-bond donors (Lipinski definition) is 1. The largest absolute Gasteiger partial charge is 0.493 e. The number of hydrogen-bond acceptors (Lipinski definition) is 5. The third kappa shape index (κ3) is 5.08. The van der Waals surface area contributed by atoms with Gasteiger partial charge in [0.05, 0.1) is 19.4 Å². The van der Waals surface area contributed by atoms with Crippen LogP contribution >= 0.6 is 0 Å². The predicted molar refractivity (Wildman–Crippen MR) is 125 cm³/mol. The van der Waals surface area contributed by atoms with Gasteiger partial charge in [0.25, 0.3) is 5.91 Å². The van der Waals surface area contributed by atoms with Crippen LogP contribution in [0.5, 0.6) is 11.5 Å². The maximum absolute atomic E-state index is 12.7. The normalized spacial score (nSPS) is 15.2. The maximum atomic E-state index is 12.7. The van der Waals surface area contributed by atoms with E-state index in [1.807, 2.05) is 60.7 Å². The van der Waals surface area contributed by atoms with Gasteiger partial charge in [0.2, 0.25) is 0 Å². The summed E-state index contributed by atoms with van der Waals surface area (Å²) < 4.78 is 17.0. The topological polar surface area (TPSA) is 69.2 Å². The molecular formula is C26H28N2O4. The van der Waals surface area contributed by atoms with E-state index in [0.717, 1.165) is 34.7 Å². The molecule has 0 radical (unpaired) electrons. The van der Waals surface area contributed by atoms with Gasteiger partial charge in [-0.3, -0.25) is 4.79 Å². The van der Waals surface area contributed by atoms with E-state index in [-0.39, 0.29) is 12.0 Å². The second kappa shape index (κ2) is 10.3. The zero-order valence-electron chi connectivity index (χ0n) is 18.4. The zero-order valence-corrected chi connectivity index (χ0v) is 18.4. The molecule has 1 unspecified atom stereocenters. The summed E-state index contributed by atoms with van der Waals surface area (Å²) in [6.07, 6.45) is 5.56. The van der Waals surface area contributed by atoms with Crippen LogP contribution in [0.15, 0.2) is 65.8 Å². The molecule has 0 heterocycles. The highest BCUT2D eigenvalue weighted by Crippen LogP contribution is 2.32. The summed E-state index contributed by atoms with van der Waals surface area (Å²) in [6, 6.07) is 19.4. The molecule has 0 spiro atoms. The summed E-state index contributed by atoms with van der Waals surface area (Å²) in [6.45, 7) is 0.